The first kappa shape index (κ1) is 20.0. The number of nitrogens with zero attached hydrogens (tertiary/aromatic N) is 1. The minimum atomic E-state index is -1.42. The Bertz CT molecular complexity index is 876. The van der Waals surface area contributed by atoms with Crippen LogP contribution in [0.25, 0.3) is 0 Å². The SMILES string of the molecule is Cc1ccc(C(=O)COC(=O)C(C)(C)Oc2ccc(F)cc2)cc1[N+](=O)[O-]. The Morgan fingerprint density at radius 3 is 2.37 bits per heavy atom. The van der Waals surface area contributed by atoms with Crippen LogP contribution in [0.2, 0.25) is 0 Å². The number of aryl methyl sites for hydroxylation is 1. The fourth-order valence-corrected chi connectivity index (χ4v) is 2.21. The molecule has 27 heavy (non-hydrogen) atoms. The van der Waals surface area contributed by atoms with E-state index in [9.17, 15) is 24.1 Å². The third kappa shape index (κ3) is 5.10. The lowest BCUT2D eigenvalue weighted by molar-refractivity contribution is -0.385. The van der Waals surface area contributed by atoms with Gasteiger partial charge in [0, 0.05) is 17.2 Å². The van der Waals surface area contributed by atoms with E-state index in [0.717, 1.165) is 6.07 Å². The highest BCUT2D eigenvalue weighted by Crippen LogP contribution is 2.21. The molecule has 0 fully saturated rings. The second-order valence-electron chi connectivity index (χ2n) is 6.32. The molecule has 8 heteroatoms. The highest BCUT2D eigenvalue weighted by atomic mass is 19.1. The summed E-state index contributed by atoms with van der Waals surface area (Å²) in [6.45, 7) is 3.86. The monoisotopic (exact) mass is 375 g/mol. The first-order valence-corrected chi connectivity index (χ1v) is 8.00. The number of benzene rings is 2. The van der Waals surface area contributed by atoms with Crippen molar-refractivity contribution in [2.45, 2.75) is 26.4 Å². The second-order valence-corrected chi connectivity index (χ2v) is 6.32. The summed E-state index contributed by atoms with van der Waals surface area (Å²) in [5.41, 5.74) is -1.12. The number of hydrogen-bond acceptors (Lipinski definition) is 6. The molecule has 0 saturated heterocycles. The molecule has 0 N–H and O–H groups in total. The number of ketones is 1. The van der Waals surface area contributed by atoms with Crippen LogP contribution in [0.15, 0.2) is 42.5 Å². The Kier molecular flexibility index (Phi) is 5.89. The molecule has 2 aromatic rings. The summed E-state index contributed by atoms with van der Waals surface area (Å²) in [5, 5.41) is 11.0. The number of halogens is 1. The van der Waals surface area contributed by atoms with Gasteiger partial charge in [0.2, 0.25) is 5.78 Å². The van der Waals surface area contributed by atoms with Crippen molar-refractivity contribution in [3.63, 3.8) is 0 Å². The molecule has 0 amide bonds. The average molecular weight is 375 g/mol. The number of nitro groups is 1. The van der Waals surface area contributed by atoms with Gasteiger partial charge in [0.25, 0.3) is 5.69 Å². The maximum Gasteiger partial charge on any atom is 0.350 e. The van der Waals surface area contributed by atoms with E-state index in [1.54, 1.807) is 6.92 Å². The third-order valence-electron chi connectivity index (χ3n) is 3.74. The van der Waals surface area contributed by atoms with E-state index < -0.39 is 34.7 Å². The van der Waals surface area contributed by atoms with Gasteiger partial charge < -0.3 is 9.47 Å². The van der Waals surface area contributed by atoms with Gasteiger partial charge in [-0.25, -0.2) is 9.18 Å². The maximum atomic E-state index is 12.9. The Morgan fingerprint density at radius 2 is 1.78 bits per heavy atom. The molecule has 0 bridgehead atoms. The Hall–Kier alpha value is -3.29. The predicted octanol–water partition coefficient (Wildman–Crippen LogP) is 3.63. The summed E-state index contributed by atoms with van der Waals surface area (Å²) in [4.78, 5) is 34.8. The molecular formula is C19H18FNO6. The molecule has 7 nitrogen and oxygen atoms in total. The zero-order chi connectivity index (χ0) is 20.2. The lowest BCUT2D eigenvalue weighted by Gasteiger charge is -2.24. The Labute approximate surface area is 154 Å². The van der Waals surface area contributed by atoms with Crippen LogP contribution in [0.5, 0.6) is 5.75 Å². The zero-order valence-corrected chi connectivity index (χ0v) is 15.0. The summed E-state index contributed by atoms with van der Waals surface area (Å²) >= 11 is 0. The largest absolute Gasteiger partial charge is 0.476 e. The van der Waals surface area contributed by atoms with E-state index in [-0.39, 0.29) is 17.0 Å². The standard InChI is InChI=1S/C19H18FNO6/c1-12-4-5-13(10-16(12)21(24)25)17(22)11-26-18(23)19(2,3)27-15-8-6-14(20)7-9-15/h4-10H,11H2,1-3H3. The number of esters is 1. The smallest absolute Gasteiger partial charge is 0.350 e. The molecule has 0 atom stereocenters. The Morgan fingerprint density at radius 1 is 1.15 bits per heavy atom. The number of carbonyl (C=O) groups is 2. The van der Waals surface area contributed by atoms with E-state index in [1.165, 1.54) is 50.2 Å². The van der Waals surface area contributed by atoms with Crippen LogP contribution >= 0.6 is 0 Å². The van der Waals surface area contributed by atoms with Crippen molar-refractivity contribution >= 4 is 17.4 Å². The summed E-state index contributed by atoms with van der Waals surface area (Å²) in [5.74, 6) is -1.56. The molecule has 0 saturated carbocycles. The minimum Gasteiger partial charge on any atom is -0.476 e. The van der Waals surface area contributed by atoms with Crippen LogP contribution in [0, 0.1) is 22.9 Å². The molecule has 2 aromatic carbocycles. The number of rotatable bonds is 7. The predicted molar refractivity (Wildman–Crippen MR) is 94.2 cm³/mol. The molecule has 0 unspecified atom stereocenters. The van der Waals surface area contributed by atoms with Crippen LogP contribution in [0.4, 0.5) is 10.1 Å². The van der Waals surface area contributed by atoms with Crippen molar-refractivity contribution in [1.82, 2.24) is 0 Å². The van der Waals surface area contributed by atoms with Gasteiger partial charge in [0.15, 0.2) is 12.2 Å². The topological polar surface area (TPSA) is 95.7 Å². The van der Waals surface area contributed by atoms with Crippen molar-refractivity contribution in [2.75, 3.05) is 6.61 Å². The molecule has 0 aliphatic rings. The van der Waals surface area contributed by atoms with E-state index in [4.69, 9.17) is 9.47 Å². The molecule has 0 radical (unpaired) electrons. The quantitative estimate of drug-likeness (QED) is 0.317. The maximum absolute atomic E-state index is 12.9. The second kappa shape index (κ2) is 7.94. The van der Waals surface area contributed by atoms with Crippen LogP contribution in [-0.2, 0) is 9.53 Å². The van der Waals surface area contributed by atoms with Gasteiger partial charge in [-0.2, -0.15) is 0 Å². The van der Waals surface area contributed by atoms with Crippen LogP contribution in [0.1, 0.15) is 29.8 Å². The molecular weight excluding hydrogens is 357 g/mol. The summed E-state index contributed by atoms with van der Waals surface area (Å²) in [7, 11) is 0. The summed E-state index contributed by atoms with van der Waals surface area (Å²) < 4.78 is 23.4. The van der Waals surface area contributed by atoms with Gasteiger partial charge in [-0.15, -0.1) is 0 Å². The third-order valence-corrected chi connectivity index (χ3v) is 3.74. The first-order chi connectivity index (χ1) is 12.6. The van der Waals surface area contributed by atoms with Gasteiger partial charge in [0.05, 0.1) is 4.92 Å². The Balaban J connectivity index is 2.01. The fraction of sp³-hybridized carbons (Fsp3) is 0.263. The highest BCUT2D eigenvalue weighted by Gasteiger charge is 2.32. The molecule has 142 valence electrons. The van der Waals surface area contributed by atoms with E-state index in [0.29, 0.717) is 5.56 Å². The lowest BCUT2D eigenvalue weighted by atomic mass is 10.1. The van der Waals surface area contributed by atoms with Gasteiger partial charge in [-0.05, 0) is 45.0 Å². The number of Topliss-reactive ketones (excluding diaryl/α,β-unsaturated/α-hetero) is 1. The van der Waals surface area contributed by atoms with Crippen molar-refractivity contribution in [3.8, 4) is 5.75 Å². The van der Waals surface area contributed by atoms with Crippen molar-refractivity contribution in [2.24, 2.45) is 0 Å². The van der Waals surface area contributed by atoms with Crippen molar-refractivity contribution in [1.29, 1.82) is 0 Å². The van der Waals surface area contributed by atoms with Crippen LogP contribution < -0.4 is 4.74 Å². The molecule has 2 rings (SSSR count). The van der Waals surface area contributed by atoms with Gasteiger partial charge >= 0.3 is 5.97 Å². The zero-order valence-electron chi connectivity index (χ0n) is 15.0. The normalized spacial score (nSPS) is 11.0. The summed E-state index contributed by atoms with van der Waals surface area (Å²) in [6, 6.07) is 9.12. The van der Waals surface area contributed by atoms with E-state index in [1.807, 2.05) is 0 Å². The number of nitro benzene ring substituents is 1. The van der Waals surface area contributed by atoms with Gasteiger partial charge in [-0.1, -0.05) is 12.1 Å². The van der Waals surface area contributed by atoms with Gasteiger partial charge in [0.1, 0.15) is 11.6 Å². The minimum absolute atomic E-state index is 0.0670. The van der Waals surface area contributed by atoms with Crippen LogP contribution in [0.3, 0.4) is 0 Å². The highest BCUT2D eigenvalue weighted by molar-refractivity contribution is 5.99. The molecule has 0 spiro atoms. The number of carbonyl (C=O) groups excluding carboxylic acids is 2. The van der Waals surface area contributed by atoms with Gasteiger partial charge in [-0.3, -0.25) is 14.9 Å². The number of ether oxygens (including phenoxy) is 2. The molecule has 0 aromatic heterocycles. The molecule has 0 aliphatic heterocycles. The average Bonchev–Trinajstić information content (AvgIpc) is 2.61. The first-order valence-electron chi connectivity index (χ1n) is 8.00. The van der Waals surface area contributed by atoms with Crippen LogP contribution in [-0.4, -0.2) is 28.9 Å². The number of hydrogen-bond donors (Lipinski definition) is 0. The molecule has 0 aliphatic carbocycles. The van der Waals surface area contributed by atoms with Crippen molar-refractivity contribution in [3.05, 3.63) is 69.5 Å². The lowest BCUT2D eigenvalue weighted by Crippen LogP contribution is -2.40. The van der Waals surface area contributed by atoms with E-state index >= 15 is 0 Å². The van der Waals surface area contributed by atoms with Crippen molar-refractivity contribution < 1.29 is 28.4 Å². The van der Waals surface area contributed by atoms with E-state index in [2.05, 4.69) is 0 Å². The fourth-order valence-electron chi connectivity index (χ4n) is 2.21. The molecule has 0 heterocycles. The summed E-state index contributed by atoms with van der Waals surface area (Å²) in [6.07, 6.45) is 0.